The number of tetrazole rings is 1. The summed E-state index contributed by atoms with van der Waals surface area (Å²) in [5, 5.41) is 12.9. The Morgan fingerprint density at radius 1 is 1.11 bits per heavy atom. The Hall–Kier alpha value is -1.36. The third-order valence-electron chi connectivity index (χ3n) is 3.61. The van der Waals surface area contributed by atoms with Gasteiger partial charge in [-0.25, -0.2) is 0 Å². The number of rotatable bonds is 4. The van der Waals surface area contributed by atoms with Crippen LogP contribution in [-0.4, -0.2) is 26.0 Å². The molecule has 0 saturated heterocycles. The standard InChI is InChI=1S/C14H18N4S/c1-3-7-12(8-4-1)11-19-14-15-16-17-18(14)13-9-5-2-6-10-13/h2,5-6,9-10,12H,1,3-4,7-8,11H2. The van der Waals surface area contributed by atoms with Crippen molar-refractivity contribution in [2.45, 2.75) is 37.3 Å². The van der Waals surface area contributed by atoms with Gasteiger partial charge >= 0.3 is 0 Å². The summed E-state index contributed by atoms with van der Waals surface area (Å²) in [7, 11) is 0. The Kier molecular flexibility index (Phi) is 4.13. The average molecular weight is 274 g/mol. The van der Waals surface area contributed by atoms with Crippen molar-refractivity contribution in [3.8, 4) is 5.69 Å². The van der Waals surface area contributed by atoms with Crippen LogP contribution in [0.3, 0.4) is 0 Å². The molecule has 1 heterocycles. The van der Waals surface area contributed by atoms with E-state index in [1.165, 1.54) is 32.1 Å². The van der Waals surface area contributed by atoms with Gasteiger partial charge in [-0.15, -0.1) is 5.10 Å². The molecule has 1 fully saturated rings. The van der Waals surface area contributed by atoms with Crippen LogP contribution in [0.5, 0.6) is 0 Å². The Labute approximate surface area is 117 Å². The molecule has 0 amide bonds. The fraction of sp³-hybridized carbons (Fsp3) is 0.500. The molecule has 0 bridgehead atoms. The second kappa shape index (κ2) is 6.19. The highest BCUT2D eigenvalue weighted by atomic mass is 32.2. The highest BCUT2D eigenvalue weighted by Crippen LogP contribution is 2.29. The third kappa shape index (κ3) is 3.15. The second-order valence-electron chi connectivity index (χ2n) is 5.02. The molecule has 0 aliphatic heterocycles. The van der Waals surface area contributed by atoms with Crippen molar-refractivity contribution in [1.29, 1.82) is 0 Å². The van der Waals surface area contributed by atoms with Crippen molar-refractivity contribution in [1.82, 2.24) is 20.2 Å². The molecular weight excluding hydrogens is 256 g/mol. The van der Waals surface area contributed by atoms with Gasteiger partial charge in [0.25, 0.3) is 0 Å². The number of hydrogen-bond acceptors (Lipinski definition) is 4. The molecule has 0 spiro atoms. The summed E-state index contributed by atoms with van der Waals surface area (Å²) in [6.45, 7) is 0. The molecular formula is C14H18N4S. The van der Waals surface area contributed by atoms with E-state index in [4.69, 9.17) is 0 Å². The topological polar surface area (TPSA) is 43.6 Å². The molecule has 1 aliphatic rings. The molecule has 1 aliphatic carbocycles. The van der Waals surface area contributed by atoms with E-state index in [2.05, 4.69) is 15.5 Å². The molecule has 2 aromatic rings. The van der Waals surface area contributed by atoms with E-state index < -0.39 is 0 Å². The Bertz CT molecular complexity index is 505. The molecule has 0 radical (unpaired) electrons. The summed E-state index contributed by atoms with van der Waals surface area (Å²) in [5.41, 5.74) is 1.03. The third-order valence-corrected chi connectivity index (χ3v) is 4.77. The molecule has 100 valence electrons. The Balaban J connectivity index is 1.67. The summed E-state index contributed by atoms with van der Waals surface area (Å²) in [6, 6.07) is 10.1. The number of para-hydroxylation sites is 1. The minimum Gasteiger partial charge on any atom is -0.188 e. The molecule has 1 aromatic heterocycles. The van der Waals surface area contributed by atoms with E-state index in [9.17, 15) is 0 Å². The van der Waals surface area contributed by atoms with E-state index in [1.54, 1.807) is 11.8 Å². The predicted octanol–water partition coefficient (Wildman–Crippen LogP) is 3.33. The van der Waals surface area contributed by atoms with Crippen molar-refractivity contribution in [2.24, 2.45) is 5.92 Å². The molecule has 0 N–H and O–H groups in total. The minimum absolute atomic E-state index is 0.833. The number of hydrogen-bond donors (Lipinski definition) is 0. The van der Waals surface area contributed by atoms with Crippen LogP contribution in [0.1, 0.15) is 32.1 Å². The van der Waals surface area contributed by atoms with Crippen molar-refractivity contribution in [3.63, 3.8) is 0 Å². The van der Waals surface area contributed by atoms with Crippen molar-refractivity contribution in [3.05, 3.63) is 30.3 Å². The lowest BCUT2D eigenvalue weighted by atomic mass is 9.91. The van der Waals surface area contributed by atoms with Gasteiger partial charge in [-0.05, 0) is 41.3 Å². The summed E-state index contributed by atoms with van der Waals surface area (Å²) in [5.74, 6) is 1.97. The largest absolute Gasteiger partial charge is 0.214 e. The second-order valence-corrected chi connectivity index (χ2v) is 6.01. The highest BCUT2D eigenvalue weighted by molar-refractivity contribution is 7.99. The maximum absolute atomic E-state index is 4.14. The lowest BCUT2D eigenvalue weighted by Gasteiger charge is -2.20. The van der Waals surface area contributed by atoms with Gasteiger partial charge in [0.1, 0.15) is 0 Å². The van der Waals surface area contributed by atoms with Gasteiger partial charge in [0, 0.05) is 5.75 Å². The summed E-state index contributed by atoms with van der Waals surface area (Å²) in [4.78, 5) is 0. The van der Waals surface area contributed by atoms with Crippen LogP contribution in [0.4, 0.5) is 0 Å². The van der Waals surface area contributed by atoms with Crippen LogP contribution < -0.4 is 0 Å². The van der Waals surface area contributed by atoms with Gasteiger partial charge in [0.2, 0.25) is 5.16 Å². The van der Waals surface area contributed by atoms with Gasteiger partial charge in [0.15, 0.2) is 0 Å². The molecule has 0 atom stereocenters. The Morgan fingerprint density at radius 3 is 2.68 bits per heavy atom. The molecule has 5 heteroatoms. The van der Waals surface area contributed by atoms with E-state index >= 15 is 0 Å². The van der Waals surface area contributed by atoms with E-state index in [1.807, 2.05) is 35.0 Å². The zero-order valence-corrected chi connectivity index (χ0v) is 11.7. The van der Waals surface area contributed by atoms with Crippen LogP contribution in [0, 0.1) is 5.92 Å². The zero-order chi connectivity index (χ0) is 12.9. The fourth-order valence-corrected chi connectivity index (χ4v) is 3.62. The van der Waals surface area contributed by atoms with Gasteiger partial charge < -0.3 is 0 Å². The van der Waals surface area contributed by atoms with Crippen LogP contribution >= 0.6 is 11.8 Å². The quantitative estimate of drug-likeness (QED) is 0.802. The lowest BCUT2D eigenvalue weighted by molar-refractivity contribution is 0.390. The molecule has 1 aromatic carbocycles. The molecule has 1 saturated carbocycles. The molecule has 4 nitrogen and oxygen atoms in total. The summed E-state index contributed by atoms with van der Waals surface area (Å²) < 4.78 is 1.83. The minimum atomic E-state index is 0.833. The average Bonchev–Trinajstić information content (AvgIpc) is 2.95. The monoisotopic (exact) mass is 274 g/mol. The van der Waals surface area contributed by atoms with Gasteiger partial charge in [-0.2, -0.15) is 4.68 Å². The first-order valence-electron chi connectivity index (χ1n) is 6.90. The normalized spacial score (nSPS) is 16.6. The number of thioether (sulfide) groups is 1. The molecule has 19 heavy (non-hydrogen) atoms. The van der Waals surface area contributed by atoms with Crippen molar-refractivity contribution in [2.75, 3.05) is 5.75 Å². The number of nitrogens with zero attached hydrogens (tertiary/aromatic N) is 4. The SMILES string of the molecule is c1ccc(-n2nnnc2SCC2CCCCC2)cc1. The van der Waals surface area contributed by atoms with E-state index in [-0.39, 0.29) is 0 Å². The first kappa shape index (κ1) is 12.7. The number of aromatic nitrogens is 4. The maximum Gasteiger partial charge on any atom is 0.214 e. The van der Waals surface area contributed by atoms with Crippen LogP contribution in [0.25, 0.3) is 5.69 Å². The molecule has 0 unspecified atom stereocenters. The fourth-order valence-electron chi connectivity index (χ4n) is 2.55. The summed E-state index contributed by atoms with van der Waals surface area (Å²) >= 11 is 1.78. The van der Waals surface area contributed by atoms with Gasteiger partial charge in [-0.3, -0.25) is 0 Å². The predicted molar refractivity (Wildman–Crippen MR) is 76.5 cm³/mol. The van der Waals surface area contributed by atoms with E-state index in [0.717, 1.165) is 22.5 Å². The maximum atomic E-state index is 4.14. The van der Waals surface area contributed by atoms with Crippen LogP contribution in [-0.2, 0) is 0 Å². The van der Waals surface area contributed by atoms with Crippen molar-refractivity contribution >= 4 is 11.8 Å². The van der Waals surface area contributed by atoms with Crippen molar-refractivity contribution < 1.29 is 0 Å². The first-order valence-corrected chi connectivity index (χ1v) is 7.88. The molecule has 3 rings (SSSR count). The highest BCUT2D eigenvalue weighted by Gasteiger charge is 2.16. The number of benzene rings is 1. The lowest BCUT2D eigenvalue weighted by Crippen LogP contribution is -2.09. The van der Waals surface area contributed by atoms with E-state index in [0.29, 0.717) is 0 Å². The van der Waals surface area contributed by atoms with Crippen LogP contribution in [0.15, 0.2) is 35.5 Å². The van der Waals surface area contributed by atoms with Gasteiger partial charge in [-0.1, -0.05) is 49.2 Å². The van der Waals surface area contributed by atoms with Gasteiger partial charge in [0.05, 0.1) is 5.69 Å². The summed E-state index contributed by atoms with van der Waals surface area (Å²) in [6.07, 6.45) is 6.90. The smallest absolute Gasteiger partial charge is 0.188 e. The Morgan fingerprint density at radius 2 is 1.89 bits per heavy atom. The zero-order valence-electron chi connectivity index (χ0n) is 10.9. The first-order chi connectivity index (χ1) is 9.43. The van der Waals surface area contributed by atoms with Crippen LogP contribution in [0.2, 0.25) is 0 Å².